The van der Waals surface area contributed by atoms with Gasteiger partial charge < -0.3 is 19.4 Å². The van der Waals surface area contributed by atoms with Crippen LogP contribution in [0.2, 0.25) is 0 Å². The summed E-state index contributed by atoms with van der Waals surface area (Å²) in [4.78, 5) is 15.6. The topological polar surface area (TPSA) is 92.1 Å². The Labute approximate surface area is 200 Å². The second-order valence-corrected chi connectivity index (χ2v) is 10.3. The fourth-order valence-electron chi connectivity index (χ4n) is 4.44. The molecule has 182 valence electrons. The molecule has 0 saturated carbocycles. The Morgan fingerprint density at radius 3 is 2.47 bits per heavy atom. The van der Waals surface area contributed by atoms with Crippen molar-refractivity contribution in [1.82, 2.24) is 4.31 Å². The maximum absolute atomic E-state index is 13.3. The lowest BCUT2D eigenvalue weighted by Crippen LogP contribution is -2.31. The Kier molecular flexibility index (Phi) is 6.86. The normalized spacial score (nSPS) is 14.2. The molecule has 0 spiro atoms. The number of furan rings is 1. The van der Waals surface area contributed by atoms with Gasteiger partial charge in [-0.2, -0.15) is 4.31 Å². The number of hydrogen-bond donors (Lipinski definition) is 1. The molecule has 3 aromatic rings. The first-order chi connectivity index (χ1) is 16.3. The van der Waals surface area contributed by atoms with Crippen LogP contribution in [0.5, 0.6) is 5.75 Å². The highest BCUT2D eigenvalue weighted by Crippen LogP contribution is 2.34. The number of methoxy groups -OCH3 is 1. The Bertz CT molecular complexity index is 1310. The summed E-state index contributed by atoms with van der Waals surface area (Å²) in [7, 11) is -2.09. The third-order valence-corrected chi connectivity index (χ3v) is 8.40. The molecule has 0 atom stereocenters. The number of ether oxygens (including phenoxy) is 1. The zero-order chi connectivity index (χ0) is 24.5. The van der Waals surface area contributed by atoms with Gasteiger partial charge >= 0.3 is 0 Å². The molecule has 0 radical (unpaired) electrons. The maximum Gasteiger partial charge on any atom is 0.291 e. The maximum atomic E-state index is 13.3. The van der Waals surface area contributed by atoms with Crippen LogP contribution in [0.3, 0.4) is 0 Å². The quantitative estimate of drug-likeness (QED) is 0.500. The van der Waals surface area contributed by atoms with Crippen LogP contribution >= 0.6 is 0 Å². The summed E-state index contributed by atoms with van der Waals surface area (Å²) in [6, 6.07) is 10.3. The van der Waals surface area contributed by atoms with Gasteiger partial charge in [0.25, 0.3) is 5.91 Å². The zero-order valence-electron chi connectivity index (χ0n) is 20.1. The number of rotatable bonds is 8. The Morgan fingerprint density at radius 1 is 1.12 bits per heavy atom. The van der Waals surface area contributed by atoms with Crippen molar-refractivity contribution in [2.24, 2.45) is 0 Å². The van der Waals surface area contributed by atoms with Crippen molar-refractivity contribution in [3.05, 3.63) is 47.7 Å². The van der Waals surface area contributed by atoms with Gasteiger partial charge in [0.05, 0.1) is 23.4 Å². The summed E-state index contributed by atoms with van der Waals surface area (Å²) in [6.45, 7) is 7.89. The number of benzene rings is 2. The van der Waals surface area contributed by atoms with Crippen LogP contribution in [0.4, 0.5) is 11.4 Å². The first-order valence-electron chi connectivity index (χ1n) is 11.6. The van der Waals surface area contributed by atoms with Crippen molar-refractivity contribution in [2.75, 3.05) is 43.5 Å². The predicted molar refractivity (Wildman–Crippen MR) is 133 cm³/mol. The Hall–Kier alpha value is -3.04. The van der Waals surface area contributed by atoms with E-state index in [-0.39, 0.29) is 10.7 Å². The third-order valence-electron chi connectivity index (χ3n) is 6.36. The van der Waals surface area contributed by atoms with Crippen LogP contribution in [0.15, 0.2) is 45.7 Å². The average molecular weight is 486 g/mol. The van der Waals surface area contributed by atoms with Gasteiger partial charge in [0.1, 0.15) is 11.3 Å². The molecule has 2 heterocycles. The fraction of sp³-hybridized carbons (Fsp3) is 0.400. The number of aryl methyl sites for hydroxylation is 1. The lowest BCUT2D eigenvalue weighted by Gasteiger charge is -2.24. The smallest absolute Gasteiger partial charge is 0.291 e. The van der Waals surface area contributed by atoms with Crippen molar-refractivity contribution >= 4 is 38.3 Å². The van der Waals surface area contributed by atoms with E-state index >= 15 is 0 Å². The van der Waals surface area contributed by atoms with E-state index in [1.54, 1.807) is 37.4 Å². The molecule has 0 unspecified atom stereocenters. The molecule has 0 aliphatic carbocycles. The van der Waals surface area contributed by atoms with Crippen molar-refractivity contribution in [2.45, 2.75) is 38.5 Å². The number of nitrogens with one attached hydrogen (secondary N) is 1. The van der Waals surface area contributed by atoms with Crippen LogP contribution in [0, 0.1) is 6.92 Å². The molecule has 8 nitrogen and oxygen atoms in total. The third kappa shape index (κ3) is 4.37. The molecule has 1 fully saturated rings. The monoisotopic (exact) mass is 485 g/mol. The number of nitrogens with zero attached hydrogens (tertiary/aromatic N) is 2. The summed E-state index contributed by atoms with van der Waals surface area (Å²) in [5.41, 5.74) is 2.54. The average Bonchev–Trinajstić information content (AvgIpc) is 3.48. The number of hydrogen-bond acceptors (Lipinski definition) is 6. The minimum atomic E-state index is -3.67. The summed E-state index contributed by atoms with van der Waals surface area (Å²) >= 11 is 0. The van der Waals surface area contributed by atoms with Gasteiger partial charge in [-0.05, 0) is 56.2 Å². The Balaban J connectivity index is 1.74. The van der Waals surface area contributed by atoms with E-state index in [0.717, 1.165) is 37.0 Å². The molecule has 34 heavy (non-hydrogen) atoms. The first-order valence-corrected chi connectivity index (χ1v) is 13.0. The van der Waals surface area contributed by atoms with E-state index < -0.39 is 15.9 Å². The number of amides is 1. The molecule has 9 heteroatoms. The lowest BCUT2D eigenvalue weighted by atomic mass is 10.1. The largest absolute Gasteiger partial charge is 0.497 e. The second-order valence-electron chi connectivity index (χ2n) is 8.33. The van der Waals surface area contributed by atoms with Gasteiger partial charge in [-0.25, -0.2) is 8.42 Å². The van der Waals surface area contributed by atoms with Crippen molar-refractivity contribution < 1.29 is 22.4 Å². The summed E-state index contributed by atoms with van der Waals surface area (Å²) in [6.07, 6.45) is 2.11. The van der Waals surface area contributed by atoms with Gasteiger partial charge in [0.2, 0.25) is 10.0 Å². The van der Waals surface area contributed by atoms with Crippen LogP contribution in [-0.4, -0.2) is 51.9 Å². The predicted octanol–water partition coefficient (Wildman–Crippen LogP) is 4.63. The zero-order valence-corrected chi connectivity index (χ0v) is 20.9. The summed E-state index contributed by atoms with van der Waals surface area (Å²) in [5.74, 6) is 0.437. The number of anilines is 2. The minimum absolute atomic E-state index is 0.153. The molecule has 1 amide bonds. The highest BCUT2D eigenvalue weighted by atomic mass is 32.2. The van der Waals surface area contributed by atoms with Crippen molar-refractivity contribution in [1.29, 1.82) is 0 Å². The highest BCUT2D eigenvalue weighted by molar-refractivity contribution is 7.89. The van der Waals surface area contributed by atoms with E-state index in [0.29, 0.717) is 35.7 Å². The van der Waals surface area contributed by atoms with Gasteiger partial charge in [-0.15, -0.1) is 0 Å². The van der Waals surface area contributed by atoms with Gasteiger partial charge in [-0.1, -0.05) is 13.8 Å². The van der Waals surface area contributed by atoms with E-state index in [1.165, 1.54) is 4.31 Å². The molecule has 0 bridgehead atoms. The van der Waals surface area contributed by atoms with Gasteiger partial charge in [0, 0.05) is 37.1 Å². The van der Waals surface area contributed by atoms with E-state index in [4.69, 9.17) is 9.15 Å². The van der Waals surface area contributed by atoms with Crippen molar-refractivity contribution in [3.63, 3.8) is 0 Å². The summed E-state index contributed by atoms with van der Waals surface area (Å²) in [5, 5.41) is 3.73. The SMILES string of the molecule is CCN(CC)S(=O)(=O)c1ccc(N2CCCC2)c(NC(=O)c2oc3ccc(OC)cc3c2C)c1. The fourth-order valence-corrected chi connectivity index (χ4v) is 5.93. The van der Waals surface area contributed by atoms with Crippen LogP contribution < -0.4 is 15.0 Å². The van der Waals surface area contributed by atoms with Crippen LogP contribution in [-0.2, 0) is 10.0 Å². The molecule has 1 aliphatic heterocycles. The molecule has 2 aromatic carbocycles. The second kappa shape index (κ2) is 9.68. The Morgan fingerprint density at radius 2 is 1.82 bits per heavy atom. The van der Waals surface area contributed by atoms with Crippen molar-refractivity contribution in [3.8, 4) is 5.75 Å². The molecular formula is C25H31N3O5S. The molecular weight excluding hydrogens is 454 g/mol. The highest BCUT2D eigenvalue weighted by Gasteiger charge is 2.26. The number of carbonyl (C=O) groups is 1. The van der Waals surface area contributed by atoms with E-state index in [9.17, 15) is 13.2 Å². The molecule has 1 aliphatic rings. The molecule has 4 rings (SSSR count). The molecule has 1 N–H and O–H groups in total. The number of carbonyl (C=O) groups excluding carboxylic acids is 1. The molecule has 1 saturated heterocycles. The van der Waals surface area contributed by atoms with Gasteiger partial charge in [0.15, 0.2) is 5.76 Å². The number of fused-ring (bicyclic) bond motifs is 1. The van der Waals surface area contributed by atoms with Crippen LogP contribution in [0.1, 0.15) is 42.8 Å². The number of sulfonamides is 1. The van der Waals surface area contributed by atoms with Gasteiger partial charge in [-0.3, -0.25) is 4.79 Å². The van der Waals surface area contributed by atoms with E-state index in [1.807, 2.05) is 26.8 Å². The first kappa shape index (κ1) is 24.1. The van der Waals surface area contributed by atoms with Crippen LogP contribution in [0.25, 0.3) is 11.0 Å². The standard InChI is InChI=1S/C25H31N3O5S/c1-5-28(6-2)34(30,31)19-10-11-22(27-13-7-8-14-27)21(16-19)26-25(29)24-17(3)20-15-18(32-4)9-12-23(20)33-24/h9-12,15-16H,5-8,13-14H2,1-4H3,(H,26,29). The molecule has 1 aromatic heterocycles. The van der Waals surface area contributed by atoms with E-state index in [2.05, 4.69) is 10.2 Å². The summed E-state index contributed by atoms with van der Waals surface area (Å²) < 4.78 is 38.8. The lowest BCUT2D eigenvalue weighted by molar-refractivity contribution is 0.0998. The minimum Gasteiger partial charge on any atom is -0.497 e.